The predicted octanol–water partition coefficient (Wildman–Crippen LogP) is 1.41. The first-order valence-corrected chi connectivity index (χ1v) is 8.66. The van der Waals surface area contributed by atoms with E-state index in [2.05, 4.69) is 19.9 Å². The Bertz CT molecular complexity index is 521. The Labute approximate surface area is 137 Å². The standard InChI is InChI=1S/C16H26N4O3/c1-3-13(16(21)22-4-2)20-9-7-19(8-10-20)11-14-17-15(23-18-14)12-5-6-12/h12-13H,3-11H2,1-2H3/t13-/m1/s1. The fourth-order valence-corrected chi connectivity index (χ4v) is 3.07. The zero-order valence-electron chi connectivity index (χ0n) is 14.0. The van der Waals surface area contributed by atoms with Crippen molar-refractivity contribution in [2.45, 2.75) is 51.6 Å². The molecule has 0 spiro atoms. The lowest BCUT2D eigenvalue weighted by atomic mass is 10.1. The van der Waals surface area contributed by atoms with Gasteiger partial charge in [-0.1, -0.05) is 12.1 Å². The second kappa shape index (κ2) is 7.40. The second-order valence-electron chi connectivity index (χ2n) is 6.31. The van der Waals surface area contributed by atoms with E-state index in [1.807, 2.05) is 13.8 Å². The highest BCUT2D eigenvalue weighted by Crippen LogP contribution is 2.38. The summed E-state index contributed by atoms with van der Waals surface area (Å²) in [5.41, 5.74) is 0. The third-order valence-corrected chi connectivity index (χ3v) is 4.57. The van der Waals surface area contributed by atoms with Gasteiger partial charge < -0.3 is 9.26 Å². The number of nitrogens with zero attached hydrogens (tertiary/aromatic N) is 4. The predicted molar refractivity (Wildman–Crippen MR) is 83.8 cm³/mol. The van der Waals surface area contributed by atoms with Crippen molar-refractivity contribution in [1.29, 1.82) is 0 Å². The van der Waals surface area contributed by atoms with Crippen LogP contribution in [0.1, 0.15) is 50.7 Å². The zero-order valence-corrected chi connectivity index (χ0v) is 14.0. The first-order chi connectivity index (χ1) is 11.2. The lowest BCUT2D eigenvalue weighted by molar-refractivity contribution is -0.150. The van der Waals surface area contributed by atoms with Crippen LogP contribution in [0.3, 0.4) is 0 Å². The minimum atomic E-state index is -0.122. The van der Waals surface area contributed by atoms with Crippen LogP contribution in [0.25, 0.3) is 0 Å². The van der Waals surface area contributed by atoms with Crippen molar-refractivity contribution in [2.75, 3.05) is 32.8 Å². The molecular formula is C16H26N4O3. The van der Waals surface area contributed by atoms with E-state index in [0.29, 0.717) is 12.5 Å². The van der Waals surface area contributed by atoms with Crippen LogP contribution < -0.4 is 0 Å². The highest BCUT2D eigenvalue weighted by Gasteiger charge is 2.31. The van der Waals surface area contributed by atoms with Gasteiger partial charge in [0.15, 0.2) is 5.82 Å². The van der Waals surface area contributed by atoms with Gasteiger partial charge in [0.1, 0.15) is 6.04 Å². The third kappa shape index (κ3) is 4.09. The summed E-state index contributed by atoms with van der Waals surface area (Å²) in [6.07, 6.45) is 3.13. The molecule has 2 heterocycles. The Hall–Kier alpha value is -1.47. The molecule has 2 aliphatic rings. The van der Waals surface area contributed by atoms with Crippen LogP contribution in [0.5, 0.6) is 0 Å². The molecule has 0 unspecified atom stereocenters. The van der Waals surface area contributed by atoms with Gasteiger partial charge in [0.2, 0.25) is 5.89 Å². The normalized spacial score (nSPS) is 21.3. The van der Waals surface area contributed by atoms with Crippen molar-refractivity contribution < 1.29 is 14.1 Å². The summed E-state index contributed by atoms with van der Waals surface area (Å²) in [6, 6.07) is -0.122. The van der Waals surface area contributed by atoms with Crippen molar-refractivity contribution in [1.82, 2.24) is 19.9 Å². The van der Waals surface area contributed by atoms with Crippen LogP contribution in [-0.4, -0.2) is 64.7 Å². The molecule has 1 atom stereocenters. The van der Waals surface area contributed by atoms with Gasteiger partial charge in [0, 0.05) is 32.1 Å². The Morgan fingerprint density at radius 1 is 1.30 bits per heavy atom. The number of piperazine rings is 1. The smallest absolute Gasteiger partial charge is 0.323 e. The molecule has 0 aromatic carbocycles. The van der Waals surface area contributed by atoms with E-state index in [0.717, 1.165) is 50.9 Å². The molecular weight excluding hydrogens is 296 g/mol. The Morgan fingerprint density at radius 3 is 2.65 bits per heavy atom. The lowest BCUT2D eigenvalue weighted by Crippen LogP contribution is -2.52. The summed E-state index contributed by atoms with van der Waals surface area (Å²) in [5, 5.41) is 4.08. The molecule has 2 fully saturated rings. The molecule has 1 aromatic rings. The molecule has 0 amide bonds. The molecule has 7 heteroatoms. The number of hydrogen-bond donors (Lipinski definition) is 0. The molecule has 1 saturated heterocycles. The highest BCUT2D eigenvalue weighted by molar-refractivity contribution is 5.75. The van der Waals surface area contributed by atoms with E-state index in [1.165, 1.54) is 12.8 Å². The lowest BCUT2D eigenvalue weighted by Gasteiger charge is -2.37. The van der Waals surface area contributed by atoms with Crippen LogP contribution >= 0.6 is 0 Å². The molecule has 23 heavy (non-hydrogen) atoms. The molecule has 3 rings (SSSR count). The number of rotatable bonds is 7. The van der Waals surface area contributed by atoms with Gasteiger partial charge in [0.25, 0.3) is 0 Å². The molecule has 1 aromatic heterocycles. The summed E-state index contributed by atoms with van der Waals surface area (Å²) in [5.74, 6) is 1.98. The molecule has 7 nitrogen and oxygen atoms in total. The maximum absolute atomic E-state index is 12.0. The first kappa shape index (κ1) is 16.4. The van der Waals surface area contributed by atoms with E-state index >= 15 is 0 Å². The zero-order chi connectivity index (χ0) is 16.2. The van der Waals surface area contributed by atoms with E-state index in [1.54, 1.807) is 0 Å². The average Bonchev–Trinajstić information content (AvgIpc) is 3.30. The van der Waals surface area contributed by atoms with Gasteiger partial charge in [-0.2, -0.15) is 4.98 Å². The fourth-order valence-electron chi connectivity index (χ4n) is 3.07. The van der Waals surface area contributed by atoms with Crippen LogP contribution in [-0.2, 0) is 16.1 Å². The largest absolute Gasteiger partial charge is 0.465 e. The quantitative estimate of drug-likeness (QED) is 0.703. The topological polar surface area (TPSA) is 71.7 Å². The minimum Gasteiger partial charge on any atom is -0.465 e. The maximum atomic E-state index is 12.0. The average molecular weight is 322 g/mol. The second-order valence-corrected chi connectivity index (χ2v) is 6.31. The first-order valence-electron chi connectivity index (χ1n) is 8.66. The highest BCUT2D eigenvalue weighted by atomic mass is 16.5. The number of hydrogen-bond acceptors (Lipinski definition) is 7. The minimum absolute atomic E-state index is 0.101. The summed E-state index contributed by atoms with van der Waals surface area (Å²) >= 11 is 0. The van der Waals surface area contributed by atoms with Gasteiger partial charge >= 0.3 is 5.97 Å². The maximum Gasteiger partial charge on any atom is 0.323 e. The van der Waals surface area contributed by atoms with Gasteiger partial charge in [-0.05, 0) is 26.2 Å². The fraction of sp³-hybridized carbons (Fsp3) is 0.812. The number of esters is 1. The molecule has 0 radical (unpaired) electrons. The molecule has 128 valence electrons. The molecule has 0 bridgehead atoms. The van der Waals surface area contributed by atoms with E-state index in [-0.39, 0.29) is 12.0 Å². The summed E-state index contributed by atoms with van der Waals surface area (Å²) < 4.78 is 10.5. The van der Waals surface area contributed by atoms with E-state index < -0.39 is 0 Å². The summed E-state index contributed by atoms with van der Waals surface area (Å²) in [6.45, 7) is 8.59. The monoisotopic (exact) mass is 322 g/mol. The Balaban J connectivity index is 1.48. The van der Waals surface area contributed by atoms with Crippen molar-refractivity contribution in [3.05, 3.63) is 11.7 Å². The summed E-state index contributed by atoms with van der Waals surface area (Å²) in [4.78, 5) is 21.0. The number of aromatic nitrogens is 2. The van der Waals surface area contributed by atoms with E-state index in [4.69, 9.17) is 9.26 Å². The van der Waals surface area contributed by atoms with Crippen LogP contribution in [0, 0.1) is 0 Å². The number of carbonyl (C=O) groups excluding carboxylic acids is 1. The SMILES string of the molecule is CCOC(=O)[C@@H](CC)N1CCN(Cc2noc(C3CC3)n2)CC1. The van der Waals surface area contributed by atoms with E-state index in [9.17, 15) is 4.79 Å². The van der Waals surface area contributed by atoms with Crippen LogP contribution in [0.2, 0.25) is 0 Å². The van der Waals surface area contributed by atoms with Crippen molar-refractivity contribution in [3.8, 4) is 0 Å². The molecule has 1 aliphatic heterocycles. The van der Waals surface area contributed by atoms with Gasteiger partial charge in [-0.15, -0.1) is 0 Å². The number of ether oxygens (including phenoxy) is 1. The summed E-state index contributed by atoms with van der Waals surface area (Å²) in [7, 11) is 0. The van der Waals surface area contributed by atoms with Crippen molar-refractivity contribution in [3.63, 3.8) is 0 Å². The van der Waals surface area contributed by atoms with Gasteiger partial charge in [0.05, 0.1) is 13.2 Å². The molecule has 1 saturated carbocycles. The van der Waals surface area contributed by atoms with Crippen LogP contribution in [0.4, 0.5) is 0 Å². The van der Waals surface area contributed by atoms with Crippen LogP contribution in [0.15, 0.2) is 4.52 Å². The third-order valence-electron chi connectivity index (χ3n) is 4.57. The molecule has 0 N–H and O–H groups in total. The Morgan fingerprint density at radius 2 is 2.04 bits per heavy atom. The van der Waals surface area contributed by atoms with Crippen molar-refractivity contribution in [2.24, 2.45) is 0 Å². The number of carbonyl (C=O) groups is 1. The molecule has 1 aliphatic carbocycles. The van der Waals surface area contributed by atoms with Gasteiger partial charge in [-0.25, -0.2) is 0 Å². The van der Waals surface area contributed by atoms with Gasteiger partial charge in [-0.3, -0.25) is 14.6 Å². The Kier molecular flexibility index (Phi) is 5.27. The van der Waals surface area contributed by atoms with Crippen molar-refractivity contribution >= 4 is 5.97 Å².